The second kappa shape index (κ2) is 6.68. The molecule has 2 aliphatic rings. The molecule has 0 bridgehead atoms. The number of hydrogen-bond acceptors (Lipinski definition) is 5. The molecular weight excluding hydrogens is 342 g/mol. The molecule has 1 amide bonds. The van der Waals surface area contributed by atoms with Gasteiger partial charge in [0.1, 0.15) is 11.8 Å². The molecule has 0 radical (unpaired) electrons. The van der Waals surface area contributed by atoms with Crippen LogP contribution < -0.4 is 4.74 Å². The van der Waals surface area contributed by atoms with E-state index < -0.39 is 0 Å². The lowest BCUT2D eigenvalue weighted by atomic mass is 10.1. The number of rotatable bonds is 5. The van der Waals surface area contributed by atoms with Gasteiger partial charge in [-0.2, -0.15) is 4.98 Å². The Labute approximate surface area is 157 Å². The van der Waals surface area contributed by atoms with Gasteiger partial charge in [0.25, 0.3) is 5.91 Å². The number of carbonyl (C=O) groups excluding carboxylic acids is 1. The number of benzene rings is 2. The predicted octanol–water partition coefficient (Wildman–Crippen LogP) is 3.84. The highest BCUT2D eigenvalue weighted by Gasteiger charge is 2.36. The summed E-state index contributed by atoms with van der Waals surface area (Å²) >= 11 is 0. The van der Waals surface area contributed by atoms with Crippen LogP contribution in [-0.2, 0) is 4.79 Å². The summed E-state index contributed by atoms with van der Waals surface area (Å²) < 4.78 is 11.2. The summed E-state index contributed by atoms with van der Waals surface area (Å²) in [4.78, 5) is 19.1. The van der Waals surface area contributed by atoms with Crippen molar-refractivity contribution in [1.82, 2.24) is 15.0 Å². The van der Waals surface area contributed by atoms with Gasteiger partial charge in [0.05, 0.1) is 0 Å². The van der Waals surface area contributed by atoms with Crippen LogP contribution in [0.25, 0.3) is 10.8 Å². The highest BCUT2D eigenvalue weighted by atomic mass is 16.5. The summed E-state index contributed by atoms with van der Waals surface area (Å²) in [6, 6.07) is 13.8. The van der Waals surface area contributed by atoms with E-state index in [9.17, 15) is 4.79 Å². The van der Waals surface area contributed by atoms with Gasteiger partial charge in [-0.1, -0.05) is 35.5 Å². The van der Waals surface area contributed by atoms with Crippen molar-refractivity contribution in [3.8, 4) is 5.75 Å². The van der Waals surface area contributed by atoms with Crippen molar-refractivity contribution < 1.29 is 14.1 Å². The number of amides is 1. The number of fused-ring (bicyclic) bond motifs is 1. The van der Waals surface area contributed by atoms with Crippen molar-refractivity contribution in [2.75, 3.05) is 13.2 Å². The van der Waals surface area contributed by atoms with Crippen LogP contribution in [0.3, 0.4) is 0 Å². The molecule has 1 aliphatic carbocycles. The minimum absolute atomic E-state index is 0.0124. The molecule has 2 fully saturated rings. The zero-order valence-electron chi connectivity index (χ0n) is 15.0. The Morgan fingerprint density at radius 1 is 1.15 bits per heavy atom. The maximum Gasteiger partial charge on any atom is 0.261 e. The first-order valence-corrected chi connectivity index (χ1v) is 9.52. The van der Waals surface area contributed by atoms with Gasteiger partial charge in [-0.15, -0.1) is 0 Å². The molecule has 27 heavy (non-hydrogen) atoms. The molecule has 5 rings (SSSR count). The fourth-order valence-electron chi connectivity index (χ4n) is 3.70. The topological polar surface area (TPSA) is 68.5 Å². The second-order valence-corrected chi connectivity index (χ2v) is 7.31. The van der Waals surface area contributed by atoms with Crippen LogP contribution in [0.1, 0.15) is 49.4 Å². The van der Waals surface area contributed by atoms with E-state index in [0.717, 1.165) is 42.3 Å². The third-order valence-electron chi connectivity index (χ3n) is 5.34. The van der Waals surface area contributed by atoms with Crippen LogP contribution in [0.2, 0.25) is 0 Å². The zero-order chi connectivity index (χ0) is 18.2. The van der Waals surface area contributed by atoms with Crippen molar-refractivity contribution in [3.63, 3.8) is 0 Å². The van der Waals surface area contributed by atoms with Gasteiger partial charge in [-0.05, 0) is 48.6 Å². The van der Waals surface area contributed by atoms with E-state index in [1.807, 2.05) is 41.3 Å². The summed E-state index contributed by atoms with van der Waals surface area (Å²) in [7, 11) is 0. The van der Waals surface area contributed by atoms with E-state index in [0.29, 0.717) is 24.1 Å². The highest BCUT2D eigenvalue weighted by Crippen LogP contribution is 2.39. The largest absolute Gasteiger partial charge is 0.484 e. The van der Waals surface area contributed by atoms with E-state index >= 15 is 0 Å². The molecule has 6 heteroatoms. The minimum atomic E-state index is -0.127. The lowest BCUT2D eigenvalue weighted by molar-refractivity contribution is -0.134. The number of aromatic nitrogens is 2. The molecule has 0 N–H and O–H groups in total. The van der Waals surface area contributed by atoms with Gasteiger partial charge in [-0.25, -0.2) is 0 Å². The molecule has 1 aliphatic heterocycles. The normalized spacial score (nSPS) is 19.6. The number of ether oxygens (including phenoxy) is 1. The van der Waals surface area contributed by atoms with E-state index in [1.165, 1.54) is 0 Å². The monoisotopic (exact) mass is 363 g/mol. The van der Waals surface area contributed by atoms with Crippen LogP contribution in [0.15, 0.2) is 47.0 Å². The van der Waals surface area contributed by atoms with Crippen LogP contribution in [0, 0.1) is 0 Å². The fourth-order valence-corrected chi connectivity index (χ4v) is 3.70. The molecule has 1 saturated carbocycles. The van der Waals surface area contributed by atoms with Gasteiger partial charge >= 0.3 is 0 Å². The lowest BCUT2D eigenvalue weighted by Crippen LogP contribution is -2.34. The van der Waals surface area contributed by atoms with Crippen LogP contribution in [0.5, 0.6) is 5.75 Å². The first-order valence-electron chi connectivity index (χ1n) is 9.52. The molecule has 1 unspecified atom stereocenters. The maximum absolute atomic E-state index is 12.7. The van der Waals surface area contributed by atoms with E-state index in [-0.39, 0.29) is 18.6 Å². The average Bonchev–Trinajstić information content (AvgIpc) is 3.23. The van der Waals surface area contributed by atoms with E-state index in [1.54, 1.807) is 0 Å². The molecule has 1 atom stereocenters. The van der Waals surface area contributed by atoms with Crippen LogP contribution in [0.4, 0.5) is 0 Å². The first-order chi connectivity index (χ1) is 13.3. The molecular formula is C21H21N3O3. The Hall–Kier alpha value is -2.89. The third-order valence-corrected chi connectivity index (χ3v) is 5.34. The third kappa shape index (κ3) is 3.27. The standard InChI is InChI=1S/C21H21N3O3/c25-19(13-26-17-10-9-14-4-1-2-5-16(14)12-17)24-11-3-6-18(24)21-22-20(23-27-21)15-7-8-15/h1-2,4-5,9-10,12,15,18H,3,6-8,11,13H2. The fraction of sp³-hybridized carbons (Fsp3) is 0.381. The molecule has 1 saturated heterocycles. The molecule has 3 aromatic rings. The smallest absolute Gasteiger partial charge is 0.261 e. The summed E-state index contributed by atoms with van der Waals surface area (Å²) in [6.07, 6.45) is 4.05. The van der Waals surface area contributed by atoms with Gasteiger partial charge in [0.15, 0.2) is 12.4 Å². The molecule has 2 aromatic carbocycles. The Bertz CT molecular complexity index is 979. The summed E-state index contributed by atoms with van der Waals surface area (Å²) in [6.45, 7) is 0.712. The number of nitrogens with zero attached hydrogens (tertiary/aromatic N) is 3. The lowest BCUT2D eigenvalue weighted by Gasteiger charge is -2.22. The molecule has 0 spiro atoms. The molecule has 2 heterocycles. The van der Waals surface area contributed by atoms with E-state index in [2.05, 4.69) is 16.2 Å². The molecule has 6 nitrogen and oxygen atoms in total. The Morgan fingerprint density at radius 2 is 2.00 bits per heavy atom. The maximum atomic E-state index is 12.7. The van der Waals surface area contributed by atoms with Crippen LogP contribution in [-0.4, -0.2) is 34.1 Å². The van der Waals surface area contributed by atoms with Crippen molar-refractivity contribution in [2.24, 2.45) is 0 Å². The first kappa shape index (κ1) is 16.3. The van der Waals surface area contributed by atoms with Crippen molar-refractivity contribution >= 4 is 16.7 Å². The zero-order valence-corrected chi connectivity index (χ0v) is 15.0. The summed E-state index contributed by atoms with van der Waals surface area (Å²) in [5, 5.41) is 6.33. The SMILES string of the molecule is O=C(COc1ccc2ccccc2c1)N1CCCC1c1nc(C2CC2)no1. The minimum Gasteiger partial charge on any atom is -0.484 e. The van der Waals surface area contributed by atoms with Gasteiger partial charge in [0, 0.05) is 12.5 Å². The quantitative estimate of drug-likeness (QED) is 0.689. The summed E-state index contributed by atoms with van der Waals surface area (Å²) in [5.41, 5.74) is 0. The predicted molar refractivity (Wildman–Crippen MR) is 99.4 cm³/mol. The number of likely N-dealkylation sites (tertiary alicyclic amines) is 1. The molecule has 138 valence electrons. The van der Waals surface area contributed by atoms with Crippen molar-refractivity contribution in [2.45, 2.75) is 37.6 Å². The summed E-state index contributed by atoms with van der Waals surface area (Å²) in [5.74, 6) is 2.46. The average molecular weight is 363 g/mol. The Morgan fingerprint density at radius 3 is 2.85 bits per heavy atom. The van der Waals surface area contributed by atoms with Gasteiger partial charge < -0.3 is 14.2 Å². The van der Waals surface area contributed by atoms with Crippen molar-refractivity contribution in [3.05, 3.63) is 54.2 Å². The Balaban J connectivity index is 1.26. The highest BCUT2D eigenvalue weighted by molar-refractivity contribution is 5.84. The van der Waals surface area contributed by atoms with Gasteiger partial charge in [-0.3, -0.25) is 4.79 Å². The number of hydrogen-bond donors (Lipinski definition) is 0. The van der Waals surface area contributed by atoms with E-state index in [4.69, 9.17) is 9.26 Å². The molecule has 1 aromatic heterocycles. The second-order valence-electron chi connectivity index (χ2n) is 7.31. The number of carbonyl (C=O) groups is 1. The Kier molecular flexibility index (Phi) is 4.03. The van der Waals surface area contributed by atoms with Crippen LogP contribution >= 0.6 is 0 Å². The van der Waals surface area contributed by atoms with Crippen molar-refractivity contribution in [1.29, 1.82) is 0 Å². The van der Waals surface area contributed by atoms with Gasteiger partial charge in [0.2, 0.25) is 5.89 Å².